The fourth-order valence-electron chi connectivity index (χ4n) is 1.54. The molecule has 0 aliphatic rings. The summed E-state index contributed by atoms with van der Waals surface area (Å²) in [6.07, 6.45) is -1.54. The zero-order valence-electron chi connectivity index (χ0n) is 9.06. The quantitative estimate of drug-likeness (QED) is 0.653. The van der Waals surface area contributed by atoms with E-state index in [1.54, 1.807) is 0 Å². The molecule has 0 heterocycles. The predicted molar refractivity (Wildman–Crippen MR) is 60.4 cm³/mol. The van der Waals surface area contributed by atoms with Crippen molar-refractivity contribution in [1.29, 1.82) is 0 Å². The summed E-state index contributed by atoms with van der Waals surface area (Å²) in [6, 6.07) is 8.88. The van der Waals surface area contributed by atoms with Crippen LogP contribution in [0.2, 0.25) is 0 Å². The molecule has 0 amide bonds. The van der Waals surface area contributed by atoms with Crippen LogP contribution in [0.25, 0.3) is 11.1 Å². The molecular weight excluding hydrogens is 242 g/mol. The minimum Gasteiger partial charge on any atom is -0.449 e. The number of hydrogen-bond acceptors (Lipinski definition) is 2. The highest BCUT2D eigenvalue weighted by atomic mass is 19.1. The van der Waals surface area contributed by atoms with Crippen molar-refractivity contribution in [3.63, 3.8) is 0 Å². The minimum atomic E-state index is -1.54. The average Bonchev–Trinajstić information content (AvgIpc) is 2.30. The minimum absolute atomic E-state index is 0.130. The van der Waals surface area contributed by atoms with Crippen LogP contribution in [0.5, 0.6) is 5.75 Å². The fraction of sp³-hybridized carbons (Fsp3) is 0. The van der Waals surface area contributed by atoms with Gasteiger partial charge in [-0.1, -0.05) is 12.1 Å². The van der Waals surface area contributed by atoms with Crippen molar-refractivity contribution in [1.82, 2.24) is 0 Å². The highest BCUT2D eigenvalue weighted by Crippen LogP contribution is 2.30. The summed E-state index contributed by atoms with van der Waals surface area (Å²) in [7, 11) is 0. The van der Waals surface area contributed by atoms with E-state index in [9.17, 15) is 13.6 Å². The van der Waals surface area contributed by atoms with Crippen molar-refractivity contribution in [3.8, 4) is 16.9 Å². The Bertz CT molecular complexity index is 579. The average molecular weight is 250 g/mol. The number of rotatable bonds is 2. The van der Waals surface area contributed by atoms with Gasteiger partial charge in [-0.25, -0.2) is 13.6 Å². The zero-order valence-corrected chi connectivity index (χ0v) is 9.06. The van der Waals surface area contributed by atoms with Crippen LogP contribution in [0, 0.1) is 11.6 Å². The van der Waals surface area contributed by atoms with Crippen LogP contribution in [0.1, 0.15) is 0 Å². The maximum Gasteiger partial charge on any atom is 0.511 e. The lowest BCUT2D eigenvalue weighted by Gasteiger charge is -2.08. The molecule has 1 N–H and O–H groups in total. The molecule has 0 saturated carbocycles. The van der Waals surface area contributed by atoms with Crippen LogP contribution in [0.4, 0.5) is 13.6 Å². The molecule has 2 aromatic rings. The van der Waals surface area contributed by atoms with Gasteiger partial charge < -0.3 is 9.84 Å². The van der Waals surface area contributed by atoms with Crippen LogP contribution >= 0.6 is 0 Å². The smallest absolute Gasteiger partial charge is 0.449 e. The molecule has 2 aromatic carbocycles. The SMILES string of the molecule is O=C(O)Oc1cc(F)ccc1-c1ccc(F)cc1. The van der Waals surface area contributed by atoms with Gasteiger partial charge in [0.05, 0.1) is 0 Å². The zero-order chi connectivity index (χ0) is 13.1. The predicted octanol–water partition coefficient (Wildman–Crippen LogP) is 3.69. The summed E-state index contributed by atoms with van der Waals surface area (Å²) < 4.78 is 30.3. The van der Waals surface area contributed by atoms with E-state index in [0.717, 1.165) is 6.07 Å². The first-order chi connectivity index (χ1) is 8.56. The highest BCUT2D eigenvalue weighted by molar-refractivity contribution is 5.74. The van der Waals surface area contributed by atoms with Crippen molar-refractivity contribution in [2.75, 3.05) is 0 Å². The molecule has 2 rings (SSSR count). The lowest BCUT2D eigenvalue weighted by molar-refractivity contribution is 0.144. The molecule has 0 saturated heterocycles. The molecule has 0 aromatic heterocycles. The molecule has 0 spiro atoms. The molecule has 18 heavy (non-hydrogen) atoms. The summed E-state index contributed by atoms with van der Waals surface area (Å²) in [5.41, 5.74) is 0.909. The Morgan fingerprint density at radius 2 is 1.61 bits per heavy atom. The van der Waals surface area contributed by atoms with Crippen molar-refractivity contribution < 1.29 is 23.4 Å². The van der Waals surface area contributed by atoms with Gasteiger partial charge in [-0.05, 0) is 29.8 Å². The third kappa shape index (κ3) is 2.63. The Kier molecular flexibility index (Phi) is 3.23. The Hall–Kier alpha value is -2.43. The van der Waals surface area contributed by atoms with Crippen LogP contribution in [0.3, 0.4) is 0 Å². The van der Waals surface area contributed by atoms with Gasteiger partial charge in [0.15, 0.2) is 0 Å². The number of benzene rings is 2. The van der Waals surface area contributed by atoms with E-state index < -0.39 is 17.8 Å². The highest BCUT2D eigenvalue weighted by Gasteiger charge is 2.11. The summed E-state index contributed by atoms with van der Waals surface area (Å²) in [5.74, 6) is -1.16. The van der Waals surface area contributed by atoms with E-state index in [1.165, 1.54) is 36.4 Å². The van der Waals surface area contributed by atoms with Crippen molar-refractivity contribution in [2.24, 2.45) is 0 Å². The lowest BCUT2D eigenvalue weighted by atomic mass is 10.0. The van der Waals surface area contributed by atoms with Crippen LogP contribution < -0.4 is 4.74 Å². The Balaban J connectivity index is 2.49. The third-order valence-electron chi connectivity index (χ3n) is 2.30. The molecular formula is C13H8F2O3. The van der Waals surface area contributed by atoms with Gasteiger partial charge >= 0.3 is 6.16 Å². The molecule has 0 aliphatic carbocycles. The molecule has 0 fully saturated rings. The van der Waals surface area contributed by atoms with E-state index in [1.807, 2.05) is 0 Å². The molecule has 92 valence electrons. The standard InChI is InChI=1S/C13H8F2O3/c14-9-3-1-8(2-4-9)11-6-5-10(15)7-12(11)18-13(16)17/h1-7H,(H,16,17). The molecule has 5 heteroatoms. The Labute approximate surface area is 101 Å². The monoisotopic (exact) mass is 250 g/mol. The number of halogens is 2. The molecule has 0 atom stereocenters. The second-order valence-corrected chi connectivity index (χ2v) is 3.52. The first kappa shape index (κ1) is 12.0. The lowest BCUT2D eigenvalue weighted by Crippen LogP contribution is -2.04. The largest absolute Gasteiger partial charge is 0.511 e. The second-order valence-electron chi connectivity index (χ2n) is 3.52. The topological polar surface area (TPSA) is 46.5 Å². The molecule has 0 bridgehead atoms. The third-order valence-corrected chi connectivity index (χ3v) is 2.30. The Morgan fingerprint density at radius 1 is 1.00 bits per heavy atom. The van der Waals surface area contributed by atoms with Crippen molar-refractivity contribution in [3.05, 3.63) is 54.1 Å². The number of hydrogen-bond donors (Lipinski definition) is 1. The van der Waals surface area contributed by atoms with E-state index >= 15 is 0 Å². The van der Waals surface area contributed by atoms with Crippen LogP contribution in [0.15, 0.2) is 42.5 Å². The van der Waals surface area contributed by atoms with Gasteiger partial charge in [-0.15, -0.1) is 0 Å². The first-order valence-corrected chi connectivity index (χ1v) is 5.02. The molecule has 3 nitrogen and oxygen atoms in total. The number of carbonyl (C=O) groups is 1. The van der Waals surface area contributed by atoms with Gasteiger partial charge in [0, 0.05) is 11.6 Å². The second kappa shape index (κ2) is 4.83. The molecule has 0 aliphatic heterocycles. The van der Waals surface area contributed by atoms with Crippen LogP contribution in [-0.2, 0) is 0 Å². The number of ether oxygens (including phenoxy) is 1. The van der Waals surface area contributed by atoms with E-state index in [0.29, 0.717) is 11.1 Å². The van der Waals surface area contributed by atoms with E-state index in [-0.39, 0.29) is 5.75 Å². The maximum atomic E-state index is 13.0. The first-order valence-electron chi connectivity index (χ1n) is 5.02. The van der Waals surface area contributed by atoms with E-state index in [2.05, 4.69) is 4.74 Å². The maximum absolute atomic E-state index is 13.0. The summed E-state index contributed by atoms with van der Waals surface area (Å²) in [4.78, 5) is 10.5. The van der Waals surface area contributed by atoms with Crippen molar-refractivity contribution >= 4 is 6.16 Å². The summed E-state index contributed by atoms with van der Waals surface area (Å²) >= 11 is 0. The van der Waals surface area contributed by atoms with E-state index in [4.69, 9.17) is 5.11 Å². The summed E-state index contributed by atoms with van der Waals surface area (Å²) in [6.45, 7) is 0. The van der Waals surface area contributed by atoms with Gasteiger partial charge in [0.1, 0.15) is 17.4 Å². The summed E-state index contributed by atoms with van der Waals surface area (Å²) in [5, 5.41) is 8.57. The van der Waals surface area contributed by atoms with Gasteiger partial charge in [0.2, 0.25) is 0 Å². The fourth-order valence-corrected chi connectivity index (χ4v) is 1.54. The number of carboxylic acid groups (broad SMARTS) is 1. The van der Waals surface area contributed by atoms with Gasteiger partial charge in [-0.2, -0.15) is 0 Å². The van der Waals surface area contributed by atoms with Crippen molar-refractivity contribution in [2.45, 2.75) is 0 Å². The normalized spacial score (nSPS) is 10.1. The molecule has 0 radical (unpaired) electrons. The van der Waals surface area contributed by atoms with Crippen LogP contribution in [-0.4, -0.2) is 11.3 Å². The molecule has 0 unspecified atom stereocenters. The van der Waals surface area contributed by atoms with Gasteiger partial charge in [-0.3, -0.25) is 0 Å². The van der Waals surface area contributed by atoms with Gasteiger partial charge in [0.25, 0.3) is 0 Å². The Morgan fingerprint density at radius 3 is 2.22 bits per heavy atom.